The minimum Gasteiger partial charge on any atom is -0.430 e. The summed E-state index contributed by atoms with van der Waals surface area (Å²) in [7, 11) is 0. The number of hydrogen-bond donors (Lipinski definition) is 0. The van der Waals surface area contributed by atoms with E-state index >= 15 is 0 Å². The fourth-order valence-electron chi connectivity index (χ4n) is 3.64. The van der Waals surface area contributed by atoms with Crippen LogP contribution in [0.4, 0.5) is 4.79 Å². The van der Waals surface area contributed by atoms with Crippen LogP contribution in [0.15, 0.2) is 0 Å². The summed E-state index contributed by atoms with van der Waals surface area (Å²) in [6, 6.07) is 0. The quantitative estimate of drug-likeness (QED) is 0.712. The summed E-state index contributed by atoms with van der Waals surface area (Å²) in [6.45, 7) is 6.97. The third-order valence-corrected chi connectivity index (χ3v) is 4.39. The van der Waals surface area contributed by atoms with Crippen LogP contribution >= 0.6 is 0 Å². The van der Waals surface area contributed by atoms with E-state index in [-0.39, 0.29) is 6.10 Å². The van der Waals surface area contributed by atoms with Crippen molar-refractivity contribution in [3.05, 3.63) is 0 Å². The number of carbonyl (C=O) groups excluding carboxylic acids is 1. The van der Waals surface area contributed by atoms with Crippen molar-refractivity contribution < 1.29 is 14.3 Å². The van der Waals surface area contributed by atoms with Gasteiger partial charge in [0.15, 0.2) is 0 Å². The average Bonchev–Trinajstić information content (AvgIpc) is 3.01. The minimum absolute atomic E-state index is 0.0385. The monoisotopic (exact) mass is 268 g/mol. The standard InChI is InChI=1S/C12H18O3.C4H10/c13-12-14-7-11(15-12)4-3-10-6-8-1-2-9(10)5-8;1-4(2)3/h8-11H,1-7H2;4H,1-3H3. The second-order valence-corrected chi connectivity index (χ2v) is 7.05. The molecule has 2 bridgehead atoms. The molecule has 3 fully saturated rings. The van der Waals surface area contributed by atoms with Crippen LogP contribution in [0.2, 0.25) is 0 Å². The van der Waals surface area contributed by atoms with Crippen LogP contribution in [0.25, 0.3) is 0 Å². The number of ether oxygens (including phenoxy) is 2. The topological polar surface area (TPSA) is 35.5 Å². The van der Waals surface area contributed by atoms with Crippen LogP contribution in [-0.2, 0) is 9.47 Å². The first kappa shape index (κ1) is 14.7. The van der Waals surface area contributed by atoms with Crippen LogP contribution in [0, 0.1) is 23.7 Å². The molecule has 4 unspecified atom stereocenters. The maximum atomic E-state index is 10.7. The van der Waals surface area contributed by atoms with E-state index in [4.69, 9.17) is 9.47 Å². The normalized spacial score (nSPS) is 35.9. The van der Waals surface area contributed by atoms with Gasteiger partial charge < -0.3 is 9.47 Å². The molecule has 0 radical (unpaired) electrons. The zero-order valence-electron chi connectivity index (χ0n) is 12.6. The lowest BCUT2D eigenvalue weighted by molar-refractivity contribution is 0.112. The van der Waals surface area contributed by atoms with Crippen LogP contribution in [0.5, 0.6) is 0 Å². The summed E-state index contributed by atoms with van der Waals surface area (Å²) in [5, 5.41) is 0. The second kappa shape index (κ2) is 6.62. The molecule has 1 aliphatic heterocycles. The van der Waals surface area contributed by atoms with E-state index in [0.717, 1.165) is 30.1 Å². The molecule has 0 aromatic rings. The Hall–Kier alpha value is -0.730. The lowest BCUT2D eigenvalue weighted by atomic mass is 9.85. The van der Waals surface area contributed by atoms with Gasteiger partial charge in [0.2, 0.25) is 0 Å². The van der Waals surface area contributed by atoms with Gasteiger partial charge in [-0.05, 0) is 55.8 Å². The second-order valence-electron chi connectivity index (χ2n) is 7.05. The van der Waals surface area contributed by atoms with Gasteiger partial charge in [0.25, 0.3) is 0 Å². The fraction of sp³-hybridized carbons (Fsp3) is 0.938. The van der Waals surface area contributed by atoms with Gasteiger partial charge in [-0.25, -0.2) is 4.79 Å². The minimum atomic E-state index is -0.479. The van der Waals surface area contributed by atoms with E-state index in [0.29, 0.717) is 6.61 Å². The molecule has 2 saturated carbocycles. The molecule has 4 atom stereocenters. The first-order valence-electron chi connectivity index (χ1n) is 7.88. The summed E-state index contributed by atoms with van der Waals surface area (Å²) in [6.07, 6.45) is 7.57. The predicted molar refractivity (Wildman–Crippen MR) is 74.9 cm³/mol. The molecule has 0 amide bonds. The summed E-state index contributed by atoms with van der Waals surface area (Å²) >= 11 is 0. The van der Waals surface area contributed by atoms with Crippen LogP contribution < -0.4 is 0 Å². The van der Waals surface area contributed by atoms with Crippen LogP contribution in [0.1, 0.15) is 59.3 Å². The first-order valence-corrected chi connectivity index (χ1v) is 7.88. The van der Waals surface area contributed by atoms with Crippen molar-refractivity contribution in [2.24, 2.45) is 23.7 Å². The van der Waals surface area contributed by atoms with Gasteiger partial charge in [-0.15, -0.1) is 0 Å². The zero-order chi connectivity index (χ0) is 13.8. The number of carbonyl (C=O) groups is 1. The van der Waals surface area contributed by atoms with Crippen molar-refractivity contribution in [2.75, 3.05) is 6.61 Å². The van der Waals surface area contributed by atoms with Crippen LogP contribution in [-0.4, -0.2) is 18.9 Å². The molecule has 2 aliphatic carbocycles. The summed E-state index contributed by atoms with van der Waals surface area (Å²) in [4.78, 5) is 10.7. The van der Waals surface area contributed by atoms with Gasteiger partial charge in [0.05, 0.1) is 0 Å². The lowest BCUT2D eigenvalue weighted by Gasteiger charge is -2.21. The van der Waals surface area contributed by atoms with Gasteiger partial charge in [0, 0.05) is 0 Å². The Balaban J connectivity index is 0.000000297. The van der Waals surface area contributed by atoms with E-state index in [1.54, 1.807) is 0 Å². The van der Waals surface area contributed by atoms with Gasteiger partial charge >= 0.3 is 6.16 Å². The summed E-state index contributed by atoms with van der Waals surface area (Å²) in [5.74, 6) is 3.73. The first-order chi connectivity index (χ1) is 9.04. The Labute approximate surface area is 117 Å². The Kier molecular flexibility index (Phi) is 5.12. The Morgan fingerprint density at radius 3 is 2.37 bits per heavy atom. The maximum absolute atomic E-state index is 10.7. The molecule has 0 N–H and O–H groups in total. The average molecular weight is 268 g/mol. The number of fused-ring (bicyclic) bond motifs is 2. The van der Waals surface area contributed by atoms with Crippen molar-refractivity contribution in [1.29, 1.82) is 0 Å². The van der Waals surface area contributed by atoms with E-state index < -0.39 is 6.16 Å². The molecular weight excluding hydrogens is 240 g/mol. The van der Waals surface area contributed by atoms with Crippen molar-refractivity contribution in [1.82, 2.24) is 0 Å². The van der Waals surface area contributed by atoms with Crippen molar-refractivity contribution in [3.8, 4) is 0 Å². The van der Waals surface area contributed by atoms with E-state index in [1.807, 2.05) is 0 Å². The SMILES string of the molecule is CC(C)C.O=C1OCC(CCC2CC3CCC2C3)O1. The molecule has 1 heterocycles. The highest BCUT2D eigenvalue weighted by Crippen LogP contribution is 2.50. The van der Waals surface area contributed by atoms with Crippen molar-refractivity contribution in [3.63, 3.8) is 0 Å². The highest BCUT2D eigenvalue weighted by atomic mass is 16.8. The highest BCUT2D eigenvalue weighted by Gasteiger charge is 2.39. The highest BCUT2D eigenvalue weighted by molar-refractivity contribution is 5.61. The Morgan fingerprint density at radius 1 is 1.16 bits per heavy atom. The van der Waals surface area contributed by atoms with E-state index in [2.05, 4.69) is 20.8 Å². The molecule has 3 aliphatic rings. The molecule has 110 valence electrons. The molecular formula is C16H28O3. The molecule has 3 nitrogen and oxygen atoms in total. The van der Waals surface area contributed by atoms with E-state index in [1.165, 1.54) is 32.1 Å². The van der Waals surface area contributed by atoms with Gasteiger partial charge in [-0.2, -0.15) is 0 Å². The van der Waals surface area contributed by atoms with E-state index in [9.17, 15) is 4.79 Å². The van der Waals surface area contributed by atoms with Crippen LogP contribution in [0.3, 0.4) is 0 Å². The predicted octanol–water partition coefficient (Wildman–Crippen LogP) is 4.40. The number of rotatable bonds is 3. The number of cyclic esters (lactones) is 2. The maximum Gasteiger partial charge on any atom is 0.508 e. The van der Waals surface area contributed by atoms with Crippen molar-refractivity contribution >= 4 is 6.16 Å². The fourth-order valence-corrected chi connectivity index (χ4v) is 3.64. The smallest absolute Gasteiger partial charge is 0.430 e. The Morgan fingerprint density at radius 2 is 1.89 bits per heavy atom. The lowest BCUT2D eigenvalue weighted by Crippen LogP contribution is -2.16. The molecule has 1 saturated heterocycles. The molecule has 3 rings (SSSR count). The number of hydrogen-bond acceptors (Lipinski definition) is 3. The summed E-state index contributed by atoms with van der Waals surface area (Å²) < 4.78 is 9.82. The zero-order valence-corrected chi connectivity index (χ0v) is 12.6. The molecule has 0 aromatic carbocycles. The third-order valence-electron chi connectivity index (χ3n) is 4.39. The molecule has 0 aromatic heterocycles. The van der Waals surface area contributed by atoms with Crippen molar-refractivity contribution in [2.45, 2.75) is 65.4 Å². The molecule has 19 heavy (non-hydrogen) atoms. The Bertz CT molecular complexity index is 298. The van der Waals surface area contributed by atoms with Gasteiger partial charge in [-0.3, -0.25) is 0 Å². The molecule has 0 spiro atoms. The van der Waals surface area contributed by atoms with Gasteiger partial charge in [-0.1, -0.05) is 27.2 Å². The van der Waals surface area contributed by atoms with Gasteiger partial charge in [0.1, 0.15) is 12.7 Å². The molecule has 3 heteroatoms. The summed E-state index contributed by atoms with van der Waals surface area (Å²) in [5.41, 5.74) is 0. The third kappa shape index (κ3) is 4.39. The largest absolute Gasteiger partial charge is 0.508 e.